The number of halogens is 1. The molecule has 0 saturated heterocycles. The summed E-state index contributed by atoms with van der Waals surface area (Å²) in [4.78, 5) is 11.0. The predicted octanol–water partition coefficient (Wildman–Crippen LogP) is 1.37. The van der Waals surface area contributed by atoms with Gasteiger partial charge in [-0.25, -0.2) is 0 Å². The number of hydrogen-bond donors (Lipinski definition) is 1. The lowest BCUT2D eigenvalue weighted by molar-refractivity contribution is -0.142. The molecule has 0 aromatic carbocycles. The van der Waals surface area contributed by atoms with Gasteiger partial charge in [0.15, 0.2) is 0 Å². The molecule has 0 amide bonds. The Morgan fingerprint density at radius 3 is 2.40 bits per heavy atom. The molecule has 0 fully saturated rings. The summed E-state index contributed by atoms with van der Waals surface area (Å²) in [5, 5.41) is 3.13. The summed E-state index contributed by atoms with van der Waals surface area (Å²) in [5.41, 5.74) is 0. The molecule has 0 spiro atoms. The molecule has 0 bridgehead atoms. The molecule has 1 unspecified atom stereocenters. The molecule has 0 aliphatic rings. The van der Waals surface area contributed by atoms with Crippen molar-refractivity contribution in [2.75, 3.05) is 26.3 Å². The number of nitrogens with one attached hydrogen (secondary N) is 1. The Hall–Kier alpha value is 0.120. The van der Waals surface area contributed by atoms with Crippen LogP contribution in [0.25, 0.3) is 0 Å². The van der Waals surface area contributed by atoms with Crippen LogP contribution in [0.4, 0.5) is 0 Å². The van der Waals surface area contributed by atoms with Gasteiger partial charge in [0.1, 0.15) is 10.5 Å². The van der Waals surface area contributed by atoms with Crippen molar-refractivity contribution < 1.29 is 14.3 Å². The van der Waals surface area contributed by atoms with E-state index in [1.54, 1.807) is 0 Å². The fourth-order valence-corrected chi connectivity index (χ4v) is 1.01. The Labute approximate surface area is 105 Å². The Kier molecular flexibility index (Phi) is 9.43. The van der Waals surface area contributed by atoms with Crippen LogP contribution in [0.15, 0.2) is 0 Å². The highest BCUT2D eigenvalue weighted by molar-refractivity contribution is 14.1. The minimum absolute atomic E-state index is 0.0770. The summed E-state index contributed by atoms with van der Waals surface area (Å²) in [5.74, 6) is -0.157. The molecular formula is C10H20INO3. The smallest absolute Gasteiger partial charge is 0.318 e. The molecule has 90 valence electrons. The summed E-state index contributed by atoms with van der Waals surface area (Å²) in [6.07, 6.45) is 0.268. The van der Waals surface area contributed by atoms with Gasteiger partial charge in [-0.15, -0.1) is 0 Å². The van der Waals surface area contributed by atoms with Crippen LogP contribution in [0.3, 0.4) is 0 Å². The summed E-state index contributed by atoms with van der Waals surface area (Å²) in [6, 6.07) is 0. The highest BCUT2D eigenvalue weighted by Gasteiger charge is 2.08. The van der Waals surface area contributed by atoms with E-state index in [1.165, 1.54) is 0 Å². The second-order valence-corrected chi connectivity index (χ2v) is 5.32. The lowest BCUT2D eigenvalue weighted by atomic mass is 10.5. The first-order valence-electron chi connectivity index (χ1n) is 5.17. The van der Waals surface area contributed by atoms with Crippen molar-refractivity contribution in [1.29, 1.82) is 0 Å². The van der Waals surface area contributed by atoms with Gasteiger partial charge in [-0.05, 0) is 20.8 Å². The van der Waals surface area contributed by atoms with Crippen LogP contribution in [-0.4, -0.2) is 42.3 Å². The first kappa shape index (κ1) is 15.1. The van der Waals surface area contributed by atoms with Crippen molar-refractivity contribution in [2.24, 2.45) is 0 Å². The van der Waals surface area contributed by atoms with Crippen LogP contribution >= 0.6 is 22.6 Å². The van der Waals surface area contributed by atoms with Gasteiger partial charge in [-0.1, -0.05) is 22.6 Å². The quantitative estimate of drug-likeness (QED) is 0.316. The van der Waals surface area contributed by atoms with Gasteiger partial charge in [0.25, 0.3) is 0 Å². The lowest BCUT2D eigenvalue weighted by Gasteiger charge is -2.09. The van der Waals surface area contributed by atoms with Gasteiger partial charge in [0.05, 0.1) is 12.7 Å². The Morgan fingerprint density at radius 1 is 1.27 bits per heavy atom. The Morgan fingerprint density at radius 2 is 1.87 bits per heavy atom. The van der Waals surface area contributed by atoms with Gasteiger partial charge in [0, 0.05) is 13.1 Å². The van der Waals surface area contributed by atoms with Gasteiger partial charge >= 0.3 is 5.97 Å². The molecule has 0 aliphatic heterocycles. The third-order valence-corrected chi connectivity index (χ3v) is 2.09. The van der Waals surface area contributed by atoms with Crippen molar-refractivity contribution in [3.8, 4) is 0 Å². The minimum atomic E-state index is -0.157. The zero-order valence-electron chi connectivity index (χ0n) is 9.59. The van der Waals surface area contributed by atoms with Crippen LogP contribution in [0.2, 0.25) is 0 Å². The molecule has 4 nitrogen and oxygen atoms in total. The zero-order chi connectivity index (χ0) is 11.7. The molecular weight excluding hydrogens is 309 g/mol. The van der Waals surface area contributed by atoms with E-state index in [4.69, 9.17) is 9.47 Å². The number of carbonyl (C=O) groups is 1. The second kappa shape index (κ2) is 9.35. The molecule has 0 aromatic heterocycles. The summed E-state index contributed by atoms with van der Waals surface area (Å²) < 4.78 is 10.2. The zero-order valence-corrected chi connectivity index (χ0v) is 11.7. The normalized spacial score (nSPS) is 12.9. The van der Waals surface area contributed by atoms with Crippen LogP contribution < -0.4 is 5.32 Å². The first-order chi connectivity index (χ1) is 7.04. The number of carbonyl (C=O) groups excluding carboxylic acids is 1. The molecule has 0 rings (SSSR count). The van der Waals surface area contributed by atoms with Crippen molar-refractivity contribution in [2.45, 2.75) is 30.8 Å². The summed E-state index contributed by atoms with van der Waals surface area (Å²) in [7, 11) is 0. The number of rotatable bonds is 8. The van der Waals surface area contributed by atoms with Gasteiger partial charge < -0.3 is 14.8 Å². The van der Waals surface area contributed by atoms with E-state index in [1.807, 2.05) is 43.4 Å². The third kappa shape index (κ3) is 10.4. The molecule has 1 atom stereocenters. The Bertz CT molecular complexity index is 174. The maximum Gasteiger partial charge on any atom is 0.318 e. The molecule has 0 aromatic rings. The van der Waals surface area contributed by atoms with Gasteiger partial charge in [-0.2, -0.15) is 0 Å². The van der Waals surface area contributed by atoms with E-state index in [0.717, 1.165) is 6.54 Å². The third-order valence-electron chi connectivity index (χ3n) is 1.58. The van der Waals surface area contributed by atoms with E-state index in [-0.39, 0.29) is 16.0 Å². The van der Waals surface area contributed by atoms with Gasteiger partial charge in [0.2, 0.25) is 0 Å². The molecule has 15 heavy (non-hydrogen) atoms. The first-order valence-corrected chi connectivity index (χ1v) is 6.41. The molecule has 0 heterocycles. The van der Waals surface area contributed by atoms with Crippen molar-refractivity contribution in [3.05, 3.63) is 0 Å². The summed E-state index contributed by atoms with van der Waals surface area (Å²) in [6.45, 7) is 8.40. The molecule has 0 saturated carbocycles. The lowest BCUT2D eigenvalue weighted by Crippen LogP contribution is -2.27. The van der Waals surface area contributed by atoms with E-state index in [9.17, 15) is 4.79 Å². The predicted molar refractivity (Wildman–Crippen MR) is 68.4 cm³/mol. The molecule has 1 N–H and O–H groups in total. The van der Waals surface area contributed by atoms with Crippen LogP contribution in [0, 0.1) is 0 Å². The second-order valence-electron chi connectivity index (χ2n) is 3.45. The number of alkyl halides is 1. The molecule has 5 heteroatoms. The van der Waals surface area contributed by atoms with E-state index in [2.05, 4.69) is 5.32 Å². The van der Waals surface area contributed by atoms with E-state index in [0.29, 0.717) is 19.8 Å². The maximum absolute atomic E-state index is 11.0. The van der Waals surface area contributed by atoms with Crippen molar-refractivity contribution in [1.82, 2.24) is 5.32 Å². The number of esters is 1. The standard InChI is InChI=1S/C10H20INO3/c1-8(2)14-6-4-12-5-7-15-10(13)9(3)11/h8-9,12H,4-7H2,1-3H3. The van der Waals surface area contributed by atoms with Crippen LogP contribution in [0.5, 0.6) is 0 Å². The monoisotopic (exact) mass is 329 g/mol. The average Bonchev–Trinajstić information content (AvgIpc) is 2.15. The topological polar surface area (TPSA) is 47.6 Å². The summed E-state index contributed by atoms with van der Waals surface area (Å²) >= 11 is 2.04. The number of ether oxygens (including phenoxy) is 2. The van der Waals surface area contributed by atoms with Crippen LogP contribution in [-0.2, 0) is 14.3 Å². The molecule has 0 radical (unpaired) electrons. The van der Waals surface area contributed by atoms with Crippen molar-refractivity contribution >= 4 is 28.6 Å². The minimum Gasteiger partial charge on any atom is -0.464 e. The van der Waals surface area contributed by atoms with E-state index < -0.39 is 0 Å². The molecule has 0 aliphatic carbocycles. The largest absolute Gasteiger partial charge is 0.464 e. The fourth-order valence-electron chi connectivity index (χ4n) is 0.830. The average molecular weight is 329 g/mol. The van der Waals surface area contributed by atoms with Gasteiger partial charge in [-0.3, -0.25) is 4.79 Å². The van der Waals surface area contributed by atoms with E-state index >= 15 is 0 Å². The highest BCUT2D eigenvalue weighted by Crippen LogP contribution is 1.99. The highest BCUT2D eigenvalue weighted by atomic mass is 127. The SMILES string of the molecule is CC(C)OCCNCCOC(=O)C(C)I. The number of hydrogen-bond acceptors (Lipinski definition) is 4. The van der Waals surface area contributed by atoms with Crippen molar-refractivity contribution in [3.63, 3.8) is 0 Å². The maximum atomic E-state index is 11.0. The van der Waals surface area contributed by atoms with Crippen LogP contribution in [0.1, 0.15) is 20.8 Å². The fraction of sp³-hybridized carbons (Fsp3) is 0.900. The Balaban J connectivity index is 3.15.